The van der Waals surface area contributed by atoms with Gasteiger partial charge in [0.1, 0.15) is 0 Å². The first-order valence-electron chi connectivity index (χ1n) is 6.48. The molecule has 0 radical (unpaired) electrons. The van der Waals surface area contributed by atoms with Crippen molar-refractivity contribution in [3.63, 3.8) is 0 Å². The normalized spacial score (nSPS) is 11.8. The largest absolute Gasteiger partial charge is 0.449 e. The second kappa shape index (κ2) is 6.77. The molecule has 0 aromatic heterocycles. The molecule has 1 amide bonds. The zero-order valence-corrected chi connectivity index (χ0v) is 13.2. The van der Waals surface area contributed by atoms with Gasteiger partial charge >= 0.3 is 16.3 Å². The lowest BCUT2D eigenvalue weighted by Crippen LogP contribution is -2.35. The van der Waals surface area contributed by atoms with Crippen LogP contribution in [0.15, 0.2) is 24.3 Å². The van der Waals surface area contributed by atoms with Gasteiger partial charge in [-0.25, -0.2) is 9.52 Å². The summed E-state index contributed by atoms with van der Waals surface area (Å²) >= 11 is 0. The summed E-state index contributed by atoms with van der Waals surface area (Å²) in [6, 6.07) is 6.79. The van der Waals surface area contributed by atoms with E-state index in [2.05, 4.69) is 9.46 Å². The van der Waals surface area contributed by atoms with E-state index in [4.69, 9.17) is 5.73 Å². The molecule has 0 heterocycles. The summed E-state index contributed by atoms with van der Waals surface area (Å²) in [5, 5.41) is 0. The van der Waals surface area contributed by atoms with Crippen molar-refractivity contribution < 1.29 is 17.9 Å². The molecule has 0 saturated carbocycles. The summed E-state index contributed by atoms with van der Waals surface area (Å²) in [5.41, 5.74) is 6.82. The van der Waals surface area contributed by atoms with E-state index < -0.39 is 16.3 Å². The molecule has 0 aliphatic rings. The maximum absolute atomic E-state index is 11.7. The van der Waals surface area contributed by atoms with Gasteiger partial charge in [-0.15, -0.1) is 0 Å². The minimum absolute atomic E-state index is 0.0875. The molecule has 21 heavy (non-hydrogen) atoms. The molecule has 8 heteroatoms. The first kappa shape index (κ1) is 17.3. The SMILES string of the molecule is CCOC(=O)NS(=O)(=O)Nc1ccc(C(C)(C)CN)cc1. The van der Waals surface area contributed by atoms with Gasteiger partial charge in [0, 0.05) is 12.0 Å². The van der Waals surface area contributed by atoms with Crippen molar-refractivity contribution in [2.45, 2.75) is 26.2 Å². The van der Waals surface area contributed by atoms with E-state index in [0.29, 0.717) is 12.2 Å². The zero-order chi connectivity index (χ0) is 16.1. The second-order valence-electron chi connectivity index (χ2n) is 5.09. The molecule has 7 nitrogen and oxygen atoms in total. The number of hydrogen-bond acceptors (Lipinski definition) is 5. The van der Waals surface area contributed by atoms with Crippen LogP contribution in [0.25, 0.3) is 0 Å². The maximum atomic E-state index is 11.7. The number of nitrogens with two attached hydrogens (primary N) is 1. The van der Waals surface area contributed by atoms with Crippen LogP contribution in [-0.2, 0) is 20.4 Å². The van der Waals surface area contributed by atoms with Crippen LogP contribution in [0, 0.1) is 0 Å². The van der Waals surface area contributed by atoms with Gasteiger partial charge in [-0.2, -0.15) is 8.42 Å². The third-order valence-corrected chi connectivity index (χ3v) is 3.86. The van der Waals surface area contributed by atoms with E-state index in [1.54, 1.807) is 35.9 Å². The van der Waals surface area contributed by atoms with Gasteiger partial charge in [0.05, 0.1) is 12.3 Å². The monoisotopic (exact) mass is 315 g/mol. The minimum atomic E-state index is -4.01. The third-order valence-electron chi connectivity index (χ3n) is 2.92. The predicted molar refractivity (Wildman–Crippen MR) is 81.2 cm³/mol. The number of nitrogens with one attached hydrogen (secondary N) is 2. The number of carbonyl (C=O) groups excluding carboxylic acids is 1. The molecular weight excluding hydrogens is 294 g/mol. The van der Waals surface area contributed by atoms with Crippen LogP contribution >= 0.6 is 0 Å². The highest BCUT2D eigenvalue weighted by Gasteiger charge is 2.19. The number of hydrogen-bond donors (Lipinski definition) is 3. The summed E-state index contributed by atoms with van der Waals surface area (Å²) < 4.78 is 31.8. The number of amides is 1. The molecule has 0 fully saturated rings. The maximum Gasteiger partial charge on any atom is 0.422 e. The third kappa shape index (κ3) is 5.24. The standard InChI is InChI=1S/C13H21N3O4S/c1-4-20-12(17)16-21(18,19)15-11-7-5-10(6-8-11)13(2,3)9-14/h5-8,15H,4,9,14H2,1-3H3,(H,16,17). The van der Waals surface area contributed by atoms with Gasteiger partial charge in [-0.1, -0.05) is 26.0 Å². The highest BCUT2D eigenvalue weighted by atomic mass is 32.2. The van der Waals surface area contributed by atoms with Crippen LogP contribution in [0.4, 0.5) is 10.5 Å². The second-order valence-corrected chi connectivity index (χ2v) is 6.51. The van der Waals surface area contributed by atoms with E-state index in [1.807, 2.05) is 13.8 Å². The van der Waals surface area contributed by atoms with Gasteiger partial charge in [0.15, 0.2) is 0 Å². The van der Waals surface area contributed by atoms with Crippen molar-refractivity contribution in [1.82, 2.24) is 4.72 Å². The fourth-order valence-corrected chi connectivity index (χ4v) is 2.33. The number of rotatable bonds is 6. The lowest BCUT2D eigenvalue weighted by Gasteiger charge is -2.23. The van der Waals surface area contributed by atoms with E-state index in [0.717, 1.165) is 5.56 Å². The number of ether oxygens (including phenoxy) is 1. The number of carbonyl (C=O) groups is 1. The number of benzene rings is 1. The Morgan fingerprint density at radius 2 is 1.86 bits per heavy atom. The van der Waals surface area contributed by atoms with Gasteiger partial charge in [-0.3, -0.25) is 4.72 Å². The summed E-state index contributed by atoms with van der Waals surface area (Å²) in [7, 11) is -4.01. The Bertz CT molecular complexity index is 582. The Morgan fingerprint density at radius 1 is 1.29 bits per heavy atom. The smallest absolute Gasteiger partial charge is 0.422 e. The van der Waals surface area contributed by atoms with Gasteiger partial charge in [-0.05, 0) is 24.6 Å². The fraction of sp³-hybridized carbons (Fsp3) is 0.462. The molecule has 0 aliphatic carbocycles. The zero-order valence-electron chi connectivity index (χ0n) is 12.3. The van der Waals surface area contributed by atoms with E-state index in [9.17, 15) is 13.2 Å². The molecule has 0 atom stereocenters. The van der Waals surface area contributed by atoms with Crippen LogP contribution in [0.5, 0.6) is 0 Å². The molecule has 118 valence electrons. The summed E-state index contributed by atoms with van der Waals surface area (Å²) in [6.07, 6.45) is -1.02. The summed E-state index contributed by atoms with van der Waals surface area (Å²) in [5.74, 6) is 0. The van der Waals surface area contributed by atoms with Crippen molar-refractivity contribution in [1.29, 1.82) is 0 Å². The van der Waals surface area contributed by atoms with Crippen LogP contribution in [-0.4, -0.2) is 27.7 Å². The molecule has 1 rings (SSSR count). The van der Waals surface area contributed by atoms with Gasteiger partial charge in [0.2, 0.25) is 0 Å². The van der Waals surface area contributed by atoms with Crippen molar-refractivity contribution in [2.24, 2.45) is 5.73 Å². The fourth-order valence-electron chi connectivity index (χ4n) is 1.56. The highest BCUT2D eigenvalue weighted by molar-refractivity contribution is 7.91. The highest BCUT2D eigenvalue weighted by Crippen LogP contribution is 2.23. The molecule has 0 saturated heterocycles. The lowest BCUT2D eigenvalue weighted by atomic mass is 9.85. The lowest BCUT2D eigenvalue weighted by molar-refractivity contribution is 0.159. The van der Waals surface area contributed by atoms with Crippen LogP contribution in [0.2, 0.25) is 0 Å². The average molecular weight is 315 g/mol. The molecule has 0 spiro atoms. The molecule has 0 aliphatic heterocycles. The molecule has 0 bridgehead atoms. The first-order chi connectivity index (χ1) is 9.70. The quantitative estimate of drug-likeness (QED) is 0.733. The van der Waals surface area contributed by atoms with Crippen molar-refractivity contribution >= 4 is 22.0 Å². The van der Waals surface area contributed by atoms with Crippen molar-refractivity contribution in [3.8, 4) is 0 Å². The number of anilines is 1. The van der Waals surface area contributed by atoms with E-state index >= 15 is 0 Å². The van der Waals surface area contributed by atoms with Crippen LogP contribution in [0.3, 0.4) is 0 Å². The topological polar surface area (TPSA) is 111 Å². The summed E-state index contributed by atoms with van der Waals surface area (Å²) in [4.78, 5) is 11.1. The molecular formula is C13H21N3O4S. The van der Waals surface area contributed by atoms with Crippen LogP contribution in [0.1, 0.15) is 26.3 Å². The molecule has 0 unspecified atom stereocenters. The molecule has 1 aromatic rings. The Labute approximate surface area is 125 Å². The van der Waals surface area contributed by atoms with E-state index in [1.165, 1.54) is 0 Å². The minimum Gasteiger partial charge on any atom is -0.449 e. The van der Waals surface area contributed by atoms with E-state index in [-0.39, 0.29) is 12.0 Å². The van der Waals surface area contributed by atoms with Crippen molar-refractivity contribution in [2.75, 3.05) is 17.9 Å². The molecule has 4 N–H and O–H groups in total. The Kier molecular flexibility index (Phi) is 5.56. The van der Waals surface area contributed by atoms with Crippen molar-refractivity contribution in [3.05, 3.63) is 29.8 Å². The van der Waals surface area contributed by atoms with Crippen LogP contribution < -0.4 is 15.2 Å². The van der Waals surface area contributed by atoms with Gasteiger partial charge in [0.25, 0.3) is 0 Å². The Balaban J connectivity index is 2.78. The predicted octanol–water partition coefficient (Wildman–Crippen LogP) is 1.33. The first-order valence-corrected chi connectivity index (χ1v) is 7.96. The molecule has 1 aromatic carbocycles. The van der Waals surface area contributed by atoms with Gasteiger partial charge < -0.3 is 10.5 Å². The Hall–Kier alpha value is -1.80. The summed E-state index contributed by atoms with van der Waals surface area (Å²) in [6.45, 7) is 6.13. The average Bonchev–Trinajstić information content (AvgIpc) is 2.38. The Morgan fingerprint density at radius 3 is 2.33 bits per heavy atom.